The smallest absolute Gasteiger partial charge is 0.260 e. The first-order valence-corrected chi connectivity index (χ1v) is 8.79. The zero-order chi connectivity index (χ0) is 18.0. The number of ether oxygens (including phenoxy) is 3. The molecule has 1 aliphatic heterocycles. The summed E-state index contributed by atoms with van der Waals surface area (Å²) in [5.41, 5.74) is 1.34. The first-order chi connectivity index (χ1) is 12.1. The fourth-order valence-electron chi connectivity index (χ4n) is 2.84. The van der Waals surface area contributed by atoms with Crippen LogP contribution in [0.5, 0.6) is 17.2 Å². The summed E-state index contributed by atoms with van der Waals surface area (Å²) in [6, 6.07) is 3.64. The molecule has 25 heavy (non-hydrogen) atoms. The van der Waals surface area contributed by atoms with E-state index in [1.54, 1.807) is 51.0 Å². The molecular weight excluding hydrogens is 344 g/mol. The van der Waals surface area contributed by atoms with Gasteiger partial charge in [0.1, 0.15) is 22.4 Å². The van der Waals surface area contributed by atoms with Gasteiger partial charge in [-0.05, 0) is 13.0 Å². The molecule has 7 nitrogen and oxygen atoms in total. The number of aryl methyl sites for hydroxylation is 1. The molecule has 1 fully saturated rings. The van der Waals surface area contributed by atoms with Crippen LogP contribution in [0.15, 0.2) is 22.9 Å². The van der Waals surface area contributed by atoms with E-state index in [1.807, 2.05) is 6.07 Å². The van der Waals surface area contributed by atoms with Crippen LogP contribution in [-0.4, -0.2) is 49.6 Å². The molecule has 0 spiro atoms. The third kappa shape index (κ3) is 3.13. The number of nitrogens with zero attached hydrogens (tertiary/aromatic N) is 2. The highest BCUT2D eigenvalue weighted by Gasteiger charge is 2.35. The van der Waals surface area contributed by atoms with E-state index in [1.165, 1.54) is 6.20 Å². The minimum atomic E-state index is -0.184. The first-order valence-electron chi connectivity index (χ1n) is 7.74. The minimum absolute atomic E-state index is 0.106. The van der Waals surface area contributed by atoms with Crippen LogP contribution in [-0.2, 0) is 0 Å². The molecule has 0 radical (unpaired) electrons. The molecule has 1 atom stereocenters. The Bertz CT molecular complexity index is 776. The SMILES string of the molecule is COc1cc(OC)c(C2SCCN2C(=O)c2cnoc2C)cc1OC. The van der Waals surface area contributed by atoms with Crippen molar-refractivity contribution in [2.75, 3.05) is 33.6 Å². The monoisotopic (exact) mass is 364 g/mol. The van der Waals surface area contributed by atoms with Crippen LogP contribution in [0.1, 0.15) is 27.1 Å². The van der Waals surface area contributed by atoms with E-state index in [0.29, 0.717) is 35.1 Å². The molecule has 8 heteroatoms. The van der Waals surface area contributed by atoms with Gasteiger partial charge in [-0.3, -0.25) is 4.79 Å². The number of methoxy groups -OCH3 is 3. The van der Waals surface area contributed by atoms with Gasteiger partial charge in [0, 0.05) is 23.9 Å². The quantitative estimate of drug-likeness (QED) is 0.807. The normalized spacial score (nSPS) is 16.8. The Morgan fingerprint density at radius 1 is 1.20 bits per heavy atom. The molecule has 1 aromatic carbocycles. The van der Waals surface area contributed by atoms with Crippen molar-refractivity contribution in [3.8, 4) is 17.2 Å². The van der Waals surface area contributed by atoms with Crippen molar-refractivity contribution in [2.45, 2.75) is 12.3 Å². The Balaban J connectivity index is 2.00. The van der Waals surface area contributed by atoms with E-state index in [0.717, 1.165) is 11.3 Å². The second-order valence-electron chi connectivity index (χ2n) is 5.47. The van der Waals surface area contributed by atoms with Crippen LogP contribution >= 0.6 is 11.8 Å². The lowest BCUT2D eigenvalue weighted by Gasteiger charge is -2.26. The Labute approximate surface area is 150 Å². The van der Waals surface area contributed by atoms with Gasteiger partial charge in [0.25, 0.3) is 5.91 Å². The van der Waals surface area contributed by atoms with E-state index < -0.39 is 0 Å². The van der Waals surface area contributed by atoms with Gasteiger partial charge in [-0.2, -0.15) is 0 Å². The van der Waals surface area contributed by atoms with Crippen molar-refractivity contribution >= 4 is 17.7 Å². The Kier molecular flexibility index (Phi) is 5.08. The summed E-state index contributed by atoms with van der Waals surface area (Å²) < 4.78 is 21.3. The van der Waals surface area contributed by atoms with Gasteiger partial charge < -0.3 is 23.6 Å². The summed E-state index contributed by atoms with van der Waals surface area (Å²) in [6.45, 7) is 2.37. The molecule has 0 N–H and O–H groups in total. The Morgan fingerprint density at radius 2 is 1.88 bits per heavy atom. The van der Waals surface area contributed by atoms with E-state index >= 15 is 0 Å². The zero-order valence-corrected chi connectivity index (χ0v) is 15.4. The van der Waals surface area contributed by atoms with Gasteiger partial charge in [0.15, 0.2) is 11.5 Å². The molecule has 134 valence electrons. The van der Waals surface area contributed by atoms with E-state index in [-0.39, 0.29) is 11.3 Å². The lowest BCUT2D eigenvalue weighted by Crippen LogP contribution is -2.30. The van der Waals surface area contributed by atoms with Crippen molar-refractivity contribution in [3.05, 3.63) is 35.2 Å². The predicted molar refractivity (Wildman–Crippen MR) is 93.6 cm³/mol. The predicted octanol–water partition coefficient (Wildman–Crippen LogP) is 2.90. The van der Waals surface area contributed by atoms with Gasteiger partial charge in [-0.1, -0.05) is 5.16 Å². The van der Waals surface area contributed by atoms with Gasteiger partial charge in [0.05, 0.1) is 27.5 Å². The largest absolute Gasteiger partial charge is 0.496 e. The first kappa shape index (κ1) is 17.5. The molecule has 2 aromatic rings. The molecule has 1 amide bonds. The molecule has 1 aromatic heterocycles. The van der Waals surface area contributed by atoms with Crippen molar-refractivity contribution in [3.63, 3.8) is 0 Å². The van der Waals surface area contributed by atoms with Gasteiger partial charge >= 0.3 is 0 Å². The molecule has 1 aliphatic rings. The van der Waals surface area contributed by atoms with Gasteiger partial charge in [-0.25, -0.2) is 0 Å². The maximum atomic E-state index is 12.9. The van der Waals surface area contributed by atoms with E-state index in [4.69, 9.17) is 18.7 Å². The summed E-state index contributed by atoms with van der Waals surface area (Å²) >= 11 is 1.67. The van der Waals surface area contributed by atoms with Crippen LogP contribution in [0, 0.1) is 6.92 Å². The fourth-order valence-corrected chi connectivity index (χ4v) is 4.11. The average molecular weight is 364 g/mol. The molecule has 0 bridgehead atoms. The summed E-state index contributed by atoms with van der Waals surface area (Å²) in [7, 11) is 4.76. The van der Waals surface area contributed by atoms with Crippen molar-refractivity contribution in [1.29, 1.82) is 0 Å². The van der Waals surface area contributed by atoms with Gasteiger partial charge in [0.2, 0.25) is 0 Å². The number of rotatable bonds is 5. The van der Waals surface area contributed by atoms with Crippen LogP contribution < -0.4 is 14.2 Å². The molecule has 3 rings (SSSR count). The van der Waals surface area contributed by atoms with Crippen molar-refractivity contribution in [2.24, 2.45) is 0 Å². The molecule has 0 saturated carbocycles. The summed E-state index contributed by atoms with van der Waals surface area (Å²) in [5.74, 6) is 3.07. The number of carbonyl (C=O) groups excluding carboxylic acids is 1. The minimum Gasteiger partial charge on any atom is -0.496 e. The second-order valence-corrected chi connectivity index (χ2v) is 6.65. The van der Waals surface area contributed by atoms with E-state index in [2.05, 4.69) is 5.16 Å². The highest BCUT2D eigenvalue weighted by Crippen LogP contribution is 2.46. The van der Waals surface area contributed by atoms with Crippen LogP contribution in [0.2, 0.25) is 0 Å². The molecule has 1 saturated heterocycles. The molecule has 2 heterocycles. The number of thioether (sulfide) groups is 1. The topological polar surface area (TPSA) is 74.0 Å². The summed E-state index contributed by atoms with van der Waals surface area (Å²) in [5, 5.41) is 3.52. The summed E-state index contributed by atoms with van der Waals surface area (Å²) in [6.07, 6.45) is 1.46. The number of hydrogen-bond donors (Lipinski definition) is 0. The third-order valence-electron chi connectivity index (χ3n) is 4.13. The van der Waals surface area contributed by atoms with Crippen LogP contribution in [0.3, 0.4) is 0 Å². The van der Waals surface area contributed by atoms with Crippen LogP contribution in [0.4, 0.5) is 0 Å². The van der Waals surface area contributed by atoms with Crippen molar-refractivity contribution < 1.29 is 23.5 Å². The highest BCUT2D eigenvalue weighted by atomic mass is 32.2. The maximum Gasteiger partial charge on any atom is 0.260 e. The number of amides is 1. The number of carbonyl (C=O) groups is 1. The lowest BCUT2D eigenvalue weighted by atomic mass is 10.1. The summed E-state index contributed by atoms with van der Waals surface area (Å²) in [4.78, 5) is 14.7. The van der Waals surface area contributed by atoms with E-state index in [9.17, 15) is 4.79 Å². The lowest BCUT2D eigenvalue weighted by molar-refractivity contribution is 0.0757. The van der Waals surface area contributed by atoms with Gasteiger partial charge in [-0.15, -0.1) is 11.8 Å². The average Bonchev–Trinajstić information content (AvgIpc) is 3.28. The number of hydrogen-bond acceptors (Lipinski definition) is 7. The molecular formula is C17H20N2O5S. The maximum absolute atomic E-state index is 12.9. The highest BCUT2D eigenvalue weighted by molar-refractivity contribution is 7.99. The molecule has 1 unspecified atom stereocenters. The zero-order valence-electron chi connectivity index (χ0n) is 14.6. The second kappa shape index (κ2) is 7.26. The number of aromatic nitrogens is 1. The Hall–Kier alpha value is -2.35. The van der Waals surface area contributed by atoms with Crippen LogP contribution in [0.25, 0.3) is 0 Å². The molecule has 0 aliphatic carbocycles. The standard InChI is InChI=1S/C17H20N2O5S/c1-10-12(9-18-24-10)16(20)19-5-6-25-17(19)11-7-14(22-3)15(23-4)8-13(11)21-2/h7-9,17H,5-6H2,1-4H3. The Morgan fingerprint density at radius 3 is 2.48 bits per heavy atom. The number of benzene rings is 1. The third-order valence-corrected chi connectivity index (χ3v) is 5.38. The fraction of sp³-hybridized carbons (Fsp3) is 0.412. The van der Waals surface area contributed by atoms with Crippen molar-refractivity contribution in [1.82, 2.24) is 10.1 Å².